The molecule has 0 unspecified atom stereocenters. The molecule has 1 aromatic carbocycles. The molecule has 0 aliphatic rings. The van der Waals surface area contributed by atoms with E-state index in [9.17, 15) is 9.59 Å². The molecule has 0 heterocycles. The van der Waals surface area contributed by atoms with Crippen LogP contribution in [0.2, 0.25) is 0 Å². The topological polar surface area (TPSA) is 59.1 Å². The molecular formula is C22H36N2O4. The highest BCUT2D eigenvalue weighted by Crippen LogP contribution is 2.25. The SMILES string of the molecule is CN(C)CCCOC(=O)c1cc(C(=O)OCCCN(C)C)cc(C(C)(C)C)c1. The van der Waals surface area contributed by atoms with Gasteiger partial charge in [-0.3, -0.25) is 0 Å². The molecule has 0 aliphatic heterocycles. The van der Waals surface area contributed by atoms with Crippen LogP contribution in [0, 0.1) is 0 Å². The number of hydrogen-bond acceptors (Lipinski definition) is 6. The maximum absolute atomic E-state index is 12.5. The smallest absolute Gasteiger partial charge is 0.338 e. The van der Waals surface area contributed by atoms with Gasteiger partial charge in [0.25, 0.3) is 0 Å². The van der Waals surface area contributed by atoms with Crippen molar-refractivity contribution in [1.82, 2.24) is 9.80 Å². The van der Waals surface area contributed by atoms with Gasteiger partial charge in [0.15, 0.2) is 0 Å². The van der Waals surface area contributed by atoms with E-state index >= 15 is 0 Å². The first kappa shape index (κ1) is 24.1. The van der Waals surface area contributed by atoms with Crippen LogP contribution in [-0.2, 0) is 14.9 Å². The Morgan fingerprint density at radius 3 is 1.50 bits per heavy atom. The summed E-state index contributed by atoms with van der Waals surface area (Å²) in [6, 6.07) is 5.17. The summed E-state index contributed by atoms with van der Waals surface area (Å²) in [5, 5.41) is 0. The van der Waals surface area contributed by atoms with Crippen molar-refractivity contribution < 1.29 is 19.1 Å². The molecule has 1 aromatic rings. The normalized spacial score (nSPS) is 11.8. The Kier molecular flexibility index (Phi) is 9.62. The van der Waals surface area contributed by atoms with Gasteiger partial charge in [-0.2, -0.15) is 0 Å². The van der Waals surface area contributed by atoms with E-state index in [-0.39, 0.29) is 5.41 Å². The highest BCUT2D eigenvalue weighted by atomic mass is 16.5. The Balaban J connectivity index is 2.88. The highest BCUT2D eigenvalue weighted by molar-refractivity contribution is 5.95. The zero-order chi connectivity index (χ0) is 21.3. The van der Waals surface area contributed by atoms with Gasteiger partial charge in [-0.25, -0.2) is 9.59 Å². The molecule has 0 aromatic heterocycles. The predicted octanol–water partition coefficient (Wildman–Crippen LogP) is 3.20. The summed E-state index contributed by atoms with van der Waals surface area (Å²) in [6.45, 7) is 8.52. The Morgan fingerprint density at radius 1 is 0.786 bits per heavy atom. The van der Waals surface area contributed by atoms with E-state index < -0.39 is 11.9 Å². The van der Waals surface area contributed by atoms with E-state index in [4.69, 9.17) is 9.47 Å². The molecule has 0 fully saturated rings. The largest absolute Gasteiger partial charge is 0.462 e. The lowest BCUT2D eigenvalue weighted by Crippen LogP contribution is -2.19. The Bertz CT molecular complexity index is 602. The van der Waals surface area contributed by atoms with Gasteiger partial charge in [0.2, 0.25) is 0 Å². The van der Waals surface area contributed by atoms with Gasteiger partial charge in [0.1, 0.15) is 0 Å². The lowest BCUT2D eigenvalue weighted by molar-refractivity contribution is 0.0491. The average molecular weight is 393 g/mol. The van der Waals surface area contributed by atoms with E-state index in [1.54, 1.807) is 18.2 Å². The second kappa shape index (κ2) is 11.2. The standard InChI is InChI=1S/C22H36N2O4/c1-22(2,3)19-15-17(20(25)27-12-8-10-23(4)5)14-18(16-19)21(26)28-13-9-11-24(6)7/h14-16H,8-13H2,1-7H3. The van der Waals surface area contributed by atoms with Crippen LogP contribution in [0.3, 0.4) is 0 Å². The monoisotopic (exact) mass is 392 g/mol. The van der Waals surface area contributed by atoms with Gasteiger partial charge >= 0.3 is 11.9 Å². The fourth-order valence-electron chi connectivity index (χ4n) is 2.55. The van der Waals surface area contributed by atoms with Gasteiger partial charge < -0.3 is 19.3 Å². The lowest BCUT2D eigenvalue weighted by atomic mass is 9.85. The van der Waals surface area contributed by atoms with Crippen LogP contribution < -0.4 is 0 Å². The zero-order valence-corrected chi connectivity index (χ0v) is 18.5. The minimum absolute atomic E-state index is 0.207. The van der Waals surface area contributed by atoms with Crippen molar-refractivity contribution in [1.29, 1.82) is 0 Å². The average Bonchev–Trinajstić information content (AvgIpc) is 2.60. The maximum Gasteiger partial charge on any atom is 0.338 e. The molecular weight excluding hydrogens is 356 g/mol. The van der Waals surface area contributed by atoms with Gasteiger partial charge in [-0.05, 0) is 70.2 Å². The fourth-order valence-corrected chi connectivity index (χ4v) is 2.55. The predicted molar refractivity (Wildman–Crippen MR) is 112 cm³/mol. The lowest BCUT2D eigenvalue weighted by Gasteiger charge is -2.21. The van der Waals surface area contributed by atoms with Crippen LogP contribution in [0.25, 0.3) is 0 Å². The third-order valence-corrected chi connectivity index (χ3v) is 4.24. The van der Waals surface area contributed by atoms with Crippen LogP contribution in [-0.4, -0.2) is 76.2 Å². The number of benzene rings is 1. The minimum Gasteiger partial charge on any atom is -0.462 e. The second-order valence-corrected chi connectivity index (χ2v) is 8.63. The van der Waals surface area contributed by atoms with Crippen molar-refractivity contribution in [2.75, 3.05) is 54.5 Å². The molecule has 0 radical (unpaired) electrons. The van der Waals surface area contributed by atoms with Crippen LogP contribution in [0.1, 0.15) is 59.9 Å². The van der Waals surface area contributed by atoms with E-state index in [2.05, 4.69) is 0 Å². The molecule has 0 saturated heterocycles. The van der Waals surface area contributed by atoms with Gasteiger partial charge in [-0.15, -0.1) is 0 Å². The minimum atomic E-state index is -0.411. The third-order valence-electron chi connectivity index (χ3n) is 4.24. The molecule has 0 N–H and O–H groups in total. The van der Waals surface area contributed by atoms with Crippen molar-refractivity contribution in [3.05, 3.63) is 34.9 Å². The molecule has 1 rings (SSSR count). The molecule has 0 bridgehead atoms. The Hall–Kier alpha value is -1.92. The van der Waals surface area contributed by atoms with E-state index in [1.165, 1.54) is 0 Å². The molecule has 0 aliphatic carbocycles. The van der Waals surface area contributed by atoms with Crippen LogP contribution >= 0.6 is 0 Å². The molecule has 0 spiro atoms. The summed E-state index contributed by atoms with van der Waals surface area (Å²) < 4.78 is 10.8. The Morgan fingerprint density at radius 2 is 1.18 bits per heavy atom. The number of nitrogens with zero attached hydrogens (tertiary/aromatic N) is 2. The summed E-state index contributed by atoms with van der Waals surface area (Å²) in [6.07, 6.45) is 1.52. The van der Waals surface area contributed by atoms with E-state index in [1.807, 2.05) is 58.8 Å². The number of ether oxygens (including phenoxy) is 2. The summed E-state index contributed by atoms with van der Waals surface area (Å²) >= 11 is 0. The number of esters is 2. The van der Waals surface area contributed by atoms with Gasteiger partial charge in [0, 0.05) is 13.1 Å². The molecule has 0 amide bonds. The number of carbonyl (C=O) groups excluding carboxylic acids is 2. The maximum atomic E-state index is 12.5. The summed E-state index contributed by atoms with van der Waals surface area (Å²) in [5.41, 5.74) is 1.46. The van der Waals surface area contributed by atoms with Crippen LogP contribution in [0.15, 0.2) is 18.2 Å². The summed E-state index contributed by atoms with van der Waals surface area (Å²) in [7, 11) is 7.91. The number of rotatable bonds is 10. The summed E-state index contributed by atoms with van der Waals surface area (Å²) in [4.78, 5) is 29.1. The number of hydrogen-bond donors (Lipinski definition) is 0. The first-order chi connectivity index (χ1) is 13.0. The second-order valence-electron chi connectivity index (χ2n) is 8.63. The third kappa shape index (κ3) is 8.85. The molecule has 28 heavy (non-hydrogen) atoms. The van der Waals surface area contributed by atoms with Crippen molar-refractivity contribution in [2.24, 2.45) is 0 Å². The highest BCUT2D eigenvalue weighted by Gasteiger charge is 2.21. The van der Waals surface area contributed by atoms with Crippen molar-refractivity contribution in [2.45, 2.75) is 39.0 Å². The number of carbonyl (C=O) groups is 2. The summed E-state index contributed by atoms with van der Waals surface area (Å²) in [5.74, 6) is -0.821. The fraction of sp³-hybridized carbons (Fsp3) is 0.636. The van der Waals surface area contributed by atoms with Crippen molar-refractivity contribution in [3.63, 3.8) is 0 Å². The van der Waals surface area contributed by atoms with E-state index in [0.717, 1.165) is 31.5 Å². The van der Waals surface area contributed by atoms with Gasteiger partial charge in [0.05, 0.1) is 24.3 Å². The Labute approximate surface area is 169 Å². The van der Waals surface area contributed by atoms with Gasteiger partial charge in [-0.1, -0.05) is 20.8 Å². The van der Waals surface area contributed by atoms with E-state index in [0.29, 0.717) is 24.3 Å². The van der Waals surface area contributed by atoms with Crippen molar-refractivity contribution in [3.8, 4) is 0 Å². The molecule has 0 saturated carbocycles. The molecule has 6 heteroatoms. The van der Waals surface area contributed by atoms with Crippen molar-refractivity contribution >= 4 is 11.9 Å². The molecule has 158 valence electrons. The van der Waals surface area contributed by atoms with Crippen LogP contribution in [0.5, 0.6) is 0 Å². The molecule has 6 nitrogen and oxygen atoms in total. The zero-order valence-electron chi connectivity index (χ0n) is 18.5. The quantitative estimate of drug-likeness (QED) is 0.450. The first-order valence-corrected chi connectivity index (χ1v) is 9.80. The molecule has 0 atom stereocenters. The first-order valence-electron chi connectivity index (χ1n) is 9.80. The van der Waals surface area contributed by atoms with Crippen LogP contribution in [0.4, 0.5) is 0 Å².